The fraction of sp³-hybridized carbons (Fsp3) is 0.867. The SMILES string of the molecule is CCOC(=O)C(C)C(C(=O)OCC)C1CCCCC1. The molecule has 4 heteroatoms. The molecule has 0 aromatic rings. The Morgan fingerprint density at radius 2 is 1.53 bits per heavy atom. The van der Waals surface area contributed by atoms with Crippen LogP contribution in [0.3, 0.4) is 0 Å². The summed E-state index contributed by atoms with van der Waals surface area (Å²) in [5.41, 5.74) is 0. The van der Waals surface area contributed by atoms with Gasteiger partial charge in [-0.2, -0.15) is 0 Å². The highest BCUT2D eigenvalue weighted by atomic mass is 16.5. The molecule has 0 radical (unpaired) electrons. The minimum atomic E-state index is -0.415. The van der Waals surface area contributed by atoms with Gasteiger partial charge in [-0.1, -0.05) is 26.2 Å². The quantitative estimate of drug-likeness (QED) is 0.696. The maximum Gasteiger partial charge on any atom is 0.310 e. The number of hydrogen-bond donors (Lipinski definition) is 0. The topological polar surface area (TPSA) is 52.6 Å². The molecule has 0 aliphatic heterocycles. The Morgan fingerprint density at radius 1 is 1.00 bits per heavy atom. The zero-order valence-electron chi connectivity index (χ0n) is 12.3. The van der Waals surface area contributed by atoms with Gasteiger partial charge in [-0.25, -0.2) is 0 Å². The van der Waals surface area contributed by atoms with E-state index in [9.17, 15) is 9.59 Å². The third kappa shape index (κ3) is 4.51. The molecule has 0 aromatic heterocycles. The molecule has 0 amide bonds. The highest BCUT2D eigenvalue weighted by Crippen LogP contribution is 2.35. The van der Waals surface area contributed by atoms with Crippen LogP contribution in [0, 0.1) is 17.8 Å². The van der Waals surface area contributed by atoms with Crippen molar-refractivity contribution in [3.63, 3.8) is 0 Å². The Labute approximate surface area is 115 Å². The van der Waals surface area contributed by atoms with Gasteiger partial charge in [-0.05, 0) is 32.6 Å². The third-order valence-electron chi connectivity index (χ3n) is 3.91. The van der Waals surface area contributed by atoms with Crippen LogP contribution in [0.1, 0.15) is 52.9 Å². The lowest BCUT2D eigenvalue weighted by molar-refractivity contribution is -0.162. The number of carbonyl (C=O) groups excluding carboxylic acids is 2. The van der Waals surface area contributed by atoms with Crippen LogP contribution in [0.2, 0.25) is 0 Å². The Morgan fingerprint density at radius 3 is 2.05 bits per heavy atom. The molecule has 0 bridgehead atoms. The molecule has 0 N–H and O–H groups in total. The molecule has 2 atom stereocenters. The fourth-order valence-corrected chi connectivity index (χ4v) is 2.96. The number of carbonyl (C=O) groups is 2. The van der Waals surface area contributed by atoms with Crippen molar-refractivity contribution < 1.29 is 19.1 Å². The summed E-state index contributed by atoms with van der Waals surface area (Å²) in [6, 6.07) is 0. The molecule has 1 aliphatic carbocycles. The molecule has 4 nitrogen and oxygen atoms in total. The van der Waals surface area contributed by atoms with Crippen LogP contribution in [0.5, 0.6) is 0 Å². The number of ether oxygens (including phenoxy) is 2. The molecule has 19 heavy (non-hydrogen) atoms. The van der Waals surface area contributed by atoms with E-state index in [1.165, 1.54) is 6.42 Å². The summed E-state index contributed by atoms with van der Waals surface area (Å²) in [5, 5.41) is 0. The molecule has 0 aromatic carbocycles. The molecule has 0 saturated heterocycles. The molecule has 2 unspecified atom stereocenters. The maximum absolute atomic E-state index is 12.2. The highest BCUT2D eigenvalue weighted by molar-refractivity contribution is 5.82. The summed E-state index contributed by atoms with van der Waals surface area (Å²) >= 11 is 0. The van der Waals surface area contributed by atoms with Crippen molar-refractivity contribution in [1.82, 2.24) is 0 Å². The monoisotopic (exact) mass is 270 g/mol. The summed E-state index contributed by atoms with van der Waals surface area (Å²) in [6.45, 7) is 6.07. The van der Waals surface area contributed by atoms with Crippen LogP contribution in [0.25, 0.3) is 0 Å². The first-order valence-corrected chi connectivity index (χ1v) is 7.45. The second-order valence-electron chi connectivity index (χ2n) is 5.22. The zero-order valence-corrected chi connectivity index (χ0v) is 12.3. The van der Waals surface area contributed by atoms with Gasteiger partial charge in [0.15, 0.2) is 0 Å². The summed E-state index contributed by atoms with van der Waals surface area (Å²) in [4.78, 5) is 24.1. The lowest BCUT2D eigenvalue weighted by Crippen LogP contribution is -2.37. The van der Waals surface area contributed by atoms with E-state index in [0.717, 1.165) is 25.7 Å². The number of esters is 2. The van der Waals surface area contributed by atoms with Crippen LogP contribution in [0.15, 0.2) is 0 Å². The average Bonchev–Trinajstić information content (AvgIpc) is 2.40. The summed E-state index contributed by atoms with van der Waals surface area (Å²) in [7, 11) is 0. The maximum atomic E-state index is 12.2. The van der Waals surface area contributed by atoms with Gasteiger partial charge in [0.2, 0.25) is 0 Å². The molecule has 1 aliphatic rings. The lowest BCUT2D eigenvalue weighted by atomic mass is 9.74. The van der Waals surface area contributed by atoms with Crippen LogP contribution in [-0.4, -0.2) is 25.2 Å². The molecule has 1 fully saturated rings. The van der Waals surface area contributed by atoms with Crippen LogP contribution in [0.4, 0.5) is 0 Å². The average molecular weight is 270 g/mol. The van der Waals surface area contributed by atoms with Crippen LogP contribution >= 0.6 is 0 Å². The Bertz CT molecular complexity index is 295. The van der Waals surface area contributed by atoms with Gasteiger partial charge < -0.3 is 9.47 Å². The van der Waals surface area contributed by atoms with Gasteiger partial charge in [0, 0.05) is 0 Å². The largest absolute Gasteiger partial charge is 0.466 e. The van der Waals surface area contributed by atoms with Crippen molar-refractivity contribution in [3.05, 3.63) is 0 Å². The van der Waals surface area contributed by atoms with E-state index in [-0.39, 0.29) is 23.8 Å². The predicted molar refractivity (Wildman–Crippen MR) is 72.5 cm³/mol. The van der Waals surface area contributed by atoms with Gasteiger partial charge in [-0.15, -0.1) is 0 Å². The van der Waals surface area contributed by atoms with Gasteiger partial charge in [0.1, 0.15) is 0 Å². The second kappa shape index (κ2) is 8.18. The van der Waals surface area contributed by atoms with E-state index in [1.54, 1.807) is 20.8 Å². The molecule has 0 heterocycles. The van der Waals surface area contributed by atoms with E-state index in [2.05, 4.69) is 0 Å². The first-order chi connectivity index (χ1) is 9.11. The number of hydrogen-bond acceptors (Lipinski definition) is 4. The van der Waals surface area contributed by atoms with E-state index >= 15 is 0 Å². The normalized spacial score (nSPS) is 19.5. The van der Waals surface area contributed by atoms with E-state index < -0.39 is 5.92 Å². The van der Waals surface area contributed by atoms with Crippen molar-refractivity contribution in [3.8, 4) is 0 Å². The molecular formula is C15H26O4. The van der Waals surface area contributed by atoms with Gasteiger partial charge in [0.05, 0.1) is 25.0 Å². The fourth-order valence-electron chi connectivity index (χ4n) is 2.96. The van der Waals surface area contributed by atoms with Crippen molar-refractivity contribution >= 4 is 11.9 Å². The Kier molecular flexibility index (Phi) is 6.89. The van der Waals surface area contributed by atoms with Crippen molar-refractivity contribution in [1.29, 1.82) is 0 Å². The molecule has 1 rings (SSSR count). The molecule has 110 valence electrons. The molecular weight excluding hydrogens is 244 g/mol. The van der Waals surface area contributed by atoms with Crippen molar-refractivity contribution in [2.75, 3.05) is 13.2 Å². The van der Waals surface area contributed by atoms with Crippen LogP contribution < -0.4 is 0 Å². The second-order valence-corrected chi connectivity index (χ2v) is 5.22. The number of rotatable bonds is 6. The predicted octanol–water partition coefficient (Wildman–Crippen LogP) is 2.95. The third-order valence-corrected chi connectivity index (χ3v) is 3.91. The summed E-state index contributed by atoms with van der Waals surface area (Å²) in [6.07, 6.45) is 5.51. The van der Waals surface area contributed by atoms with Crippen LogP contribution in [-0.2, 0) is 19.1 Å². The summed E-state index contributed by atoms with van der Waals surface area (Å²) < 4.78 is 10.2. The minimum absolute atomic E-state index is 0.241. The van der Waals surface area contributed by atoms with E-state index in [0.29, 0.717) is 13.2 Å². The van der Waals surface area contributed by atoms with Crippen molar-refractivity contribution in [2.24, 2.45) is 17.8 Å². The van der Waals surface area contributed by atoms with Gasteiger partial charge in [0.25, 0.3) is 0 Å². The van der Waals surface area contributed by atoms with Gasteiger partial charge >= 0.3 is 11.9 Å². The zero-order chi connectivity index (χ0) is 14.3. The van der Waals surface area contributed by atoms with E-state index in [1.807, 2.05) is 0 Å². The first kappa shape index (κ1) is 16.0. The van der Waals surface area contributed by atoms with E-state index in [4.69, 9.17) is 9.47 Å². The van der Waals surface area contributed by atoms with Crippen molar-refractivity contribution in [2.45, 2.75) is 52.9 Å². The standard InChI is InChI=1S/C15H26O4/c1-4-18-14(16)11(3)13(15(17)19-5-2)12-9-7-6-8-10-12/h11-13H,4-10H2,1-3H3. The van der Waals surface area contributed by atoms with Gasteiger partial charge in [-0.3, -0.25) is 9.59 Å². The lowest BCUT2D eigenvalue weighted by Gasteiger charge is -2.31. The highest BCUT2D eigenvalue weighted by Gasteiger charge is 2.38. The first-order valence-electron chi connectivity index (χ1n) is 7.45. The Hall–Kier alpha value is -1.06. The summed E-state index contributed by atoms with van der Waals surface area (Å²) in [5.74, 6) is -1.03. The molecule has 1 saturated carbocycles. The smallest absolute Gasteiger partial charge is 0.310 e. The minimum Gasteiger partial charge on any atom is -0.466 e. The Balaban J connectivity index is 2.77. The molecule has 0 spiro atoms.